The van der Waals surface area contributed by atoms with Crippen molar-refractivity contribution < 1.29 is 14.3 Å². The zero-order valence-electron chi connectivity index (χ0n) is 15.1. The second-order valence-electron chi connectivity index (χ2n) is 6.19. The average molecular weight is 337 g/mol. The highest BCUT2D eigenvalue weighted by molar-refractivity contribution is 5.90. The maximum absolute atomic E-state index is 12.5. The predicted molar refractivity (Wildman–Crippen MR) is 91.3 cm³/mol. The van der Waals surface area contributed by atoms with E-state index in [2.05, 4.69) is 24.3 Å². The average Bonchev–Trinajstić information content (AvgIpc) is 2.83. The van der Waals surface area contributed by atoms with Crippen molar-refractivity contribution in [3.8, 4) is 0 Å². The van der Waals surface area contributed by atoms with Crippen molar-refractivity contribution >= 4 is 17.8 Å². The molecule has 0 spiro atoms. The van der Waals surface area contributed by atoms with Crippen LogP contribution < -0.4 is 5.32 Å². The summed E-state index contributed by atoms with van der Waals surface area (Å²) in [6.45, 7) is 12.0. The van der Waals surface area contributed by atoms with Crippen LogP contribution in [-0.4, -0.2) is 64.5 Å². The molecule has 8 heteroatoms. The molecule has 1 fully saturated rings. The third kappa shape index (κ3) is 3.80. The summed E-state index contributed by atoms with van der Waals surface area (Å²) in [6.07, 6.45) is -0.317. The van der Waals surface area contributed by atoms with Crippen molar-refractivity contribution in [2.75, 3.05) is 38.1 Å². The van der Waals surface area contributed by atoms with Gasteiger partial charge in [0.2, 0.25) is 0 Å². The van der Waals surface area contributed by atoms with Crippen LogP contribution in [0.15, 0.2) is 0 Å². The van der Waals surface area contributed by atoms with E-state index < -0.39 is 0 Å². The molecule has 1 aromatic heterocycles. The van der Waals surface area contributed by atoms with E-state index in [9.17, 15) is 9.59 Å². The van der Waals surface area contributed by atoms with Gasteiger partial charge in [0.1, 0.15) is 0 Å². The standard InChI is InChI=1S/C16H27N5O3/c1-6-24-16(23)20-9-7-19(8-10-20)15(22)17-14-12(4)18-21(11(2)3)13(14)5/h11H,6-10H2,1-5H3,(H,17,22). The number of nitrogens with zero attached hydrogens (tertiary/aromatic N) is 4. The second-order valence-corrected chi connectivity index (χ2v) is 6.19. The van der Waals surface area contributed by atoms with Crippen LogP contribution in [0.5, 0.6) is 0 Å². The molecule has 24 heavy (non-hydrogen) atoms. The maximum Gasteiger partial charge on any atom is 0.409 e. The lowest BCUT2D eigenvalue weighted by Crippen LogP contribution is -2.51. The first-order chi connectivity index (χ1) is 11.3. The van der Waals surface area contributed by atoms with E-state index in [1.807, 2.05) is 18.5 Å². The molecule has 0 unspecified atom stereocenters. The lowest BCUT2D eigenvalue weighted by molar-refractivity contribution is 0.0868. The van der Waals surface area contributed by atoms with Crippen molar-refractivity contribution in [2.45, 2.75) is 40.7 Å². The third-order valence-electron chi connectivity index (χ3n) is 4.14. The highest BCUT2D eigenvalue weighted by Crippen LogP contribution is 2.23. The minimum absolute atomic E-state index is 0.159. The highest BCUT2D eigenvalue weighted by atomic mass is 16.6. The number of urea groups is 1. The van der Waals surface area contributed by atoms with Crippen LogP contribution >= 0.6 is 0 Å². The number of aromatic nitrogens is 2. The van der Waals surface area contributed by atoms with Gasteiger partial charge in [0.15, 0.2) is 0 Å². The Morgan fingerprint density at radius 3 is 2.25 bits per heavy atom. The number of carbonyl (C=O) groups is 2. The van der Waals surface area contributed by atoms with Gasteiger partial charge in [0.25, 0.3) is 0 Å². The van der Waals surface area contributed by atoms with Crippen LogP contribution in [0.3, 0.4) is 0 Å². The van der Waals surface area contributed by atoms with E-state index in [0.717, 1.165) is 17.1 Å². The predicted octanol–water partition coefficient (Wildman–Crippen LogP) is 2.39. The van der Waals surface area contributed by atoms with E-state index in [4.69, 9.17) is 4.74 Å². The number of nitrogens with one attached hydrogen (secondary N) is 1. The smallest absolute Gasteiger partial charge is 0.409 e. The lowest BCUT2D eigenvalue weighted by atomic mass is 10.3. The molecule has 0 radical (unpaired) electrons. The monoisotopic (exact) mass is 337 g/mol. The fourth-order valence-electron chi connectivity index (χ4n) is 2.84. The molecule has 1 saturated heterocycles. The summed E-state index contributed by atoms with van der Waals surface area (Å²) in [5.41, 5.74) is 2.52. The van der Waals surface area contributed by atoms with Crippen LogP contribution in [0.25, 0.3) is 0 Å². The molecule has 0 aliphatic carbocycles. The molecule has 0 saturated carbocycles. The molecule has 3 amide bonds. The van der Waals surface area contributed by atoms with E-state index in [0.29, 0.717) is 32.8 Å². The van der Waals surface area contributed by atoms with Gasteiger partial charge in [-0.1, -0.05) is 0 Å². The first-order valence-corrected chi connectivity index (χ1v) is 8.38. The summed E-state index contributed by atoms with van der Waals surface area (Å²) in [5.74, 6) is 0. The van der Waals surface area contributed by atoms with Crippen molar-refractivity contribution in [2.24, 2.45) is 0 Å². The highest BCUT2D eigenvalue weighted by Gasteiger charge is 2.26. The molecular weight excluding hydrogens is 310 g/mol. The van der Waals surface area contributed by atoms with Crippen molar-refractivity contribution in [3.05, 3.63) is 11.4 Å². The summed E-state index contributed by atoms with van der Waals surface area (Å²) in [4.78, 5) is 27.5. The molecule has 2 rings (SSSR count). The molecule has 0 bridgehead atoms. The zero-order chi connectivity index (χ0) is 17.9. The van der Waals surface area contributed by atoms with Gasteiger partial charge in [0, 0.05) is 32.2 Å². The molecule has 0 atom stereocenters. The summed E-state index contributed by atoms with van der Waals surface area (Å²) >= 11 is 0. The fourth-order valence-corrected chi connectivity index (χ4v) is 2.84. The zero-order valence-corrected chi connectivity index (χ0v) is 15.1. The first kappa shape index (κ1) is 18.1. The number of ether oxygens (including phenoxy) is 1. The van der Waals surface area contributed by atoms with Crippen LogP contribution in [0.2, 0.25) is 0 Å². The van der Waals surface area contributed by atoms with E-state index in [1.165, 1.54) is 0 Å². The van der Waals surface area contributed by atoms with E-state index >= 15 is 0 Å². The van der Waals surface area contributed by atoms with E-state index in [1.54, 1.807) is 16.7 Å². The Morgan fingerprint density at radius 2 is 1.75 bits per heavy atom. The number of hydrogen-bond donors (Lipinski definition) is 1. The van der Waals surface area contributed by atoms with Crippen molar-refractivity contribution in [3.63, 3.8) is 0 Å². The SMILES string of the molecule is CCOC(=O)N1CCN(C(=O)Nc2c(C)nn(C(C)C)c2C)CC1. The Kier molecular flexibility index (Phi) is 5.69. The Bertz CT molecular complexity index is 603. The third-order valence-corrected chi connectivity index (χ3v) is 4.14. The summed E-state index contributed by atoms with van der Waals surface area (Å²) in [5, 5.41) is 7.44. The number of piperazine rings is 1. The lowest BCUT2D eigenvalue weighted by Gasteiger charge is -2.34. The summed E-state index contributed by atoms with van der Waals surface area (Å²) in [6, 6.07) is 0.0792. The van der Waals surface area contributed by atoms with Crippen molar-refractivity contribution in [1.82, 2.24) is 19.6 Å². The van der Waals surface area contributed by atoms with Crippen LogP contribution in [0.4, 0.5) is 15.3 Å². The van der Waals surface area contributed by atoms with Gasteiger partial charge in [-0.05, 0) is 34.6 Å². The number of amides is 3. The van der Waals surface area contributed by atoms with Crippen LogP contribution in [0, 0.1) is 13.8 Å². The molecule has 1 aromatic rings. The molecule has 1 aliphatic heterocycles. The van der Waals surface area contributed by atoms with Gasteiger partial charge in [-0.25, -0.2) is 9.59 Å². The number of rotatable bonds is 3. The first-order valence-electron chi connectivity index (χ1n) is 8.38. The number of anilines is 1. The largest absolute Gasteiger partial charge is 0.450 e. The van der Waals surface area contributed by atoms with Gasteiger partial charge in [-0.15, -0.1) is 0 Å². The minimum atomic E-state index is -0.317. The van der Waals surface area contributed by atoms with Gasteiger partial charge in [-0.2, -0.15) is 5.10 Å². The van der Waals surface area contributed by atoms with Gasteiger partial charge in [0.05, 0.1) is 23.7 Å². The van der Waals surface area contributed by atoms with Gasteiger partial charge < -0.3 is 19.9 Å². The Hall–Kier alpha value is -2.25. The maximum atomic E-state index is 12.5. The van der Waals surface area contributed by atoms with E-state index in [-0.39, 0.29) is 18.2 Å². The fraction of sp³-hybridized carbons (Fsp3) is 0.688. The molecule has 134 valence electrons. The number of aryl methyl sites for hydroxylation is 1. The normalized spacial score (nSPS) is 14.9. The van der Waals surface area contributed by atoms with Crippen molar-refractivity contribution in [1.29, 1.82) is 0 Å². The van der Waals surface area contributed by atoms with Gasteiger partial charge >= 0.3 is 12.1 Å². The molecular formula is C16H27N5O3. The van der Waals surface area contributed by atoms with Gasteiger partial charge in [-0.3, -0.25) is 4.68 Å². The molecule has 1 aliphatic rings. The Balaban J connectivity index is 1.96. The number of carbonyl (C=O) groups excluding carboxylic acids is 2. The molecule has 1 N–H and O–H groups in total. The quantitative estimate of drug-likeness (QED) is 0.918. The van der Waals surface area contributed by atoms with Crippen LogP contribution in [-0.2, 0) is 4.74 Å². The Morgan fingerprint density at radius 1 is 1.17 bits per heavy atom. The summed E-state index contributed by atoms with van der Waals surface area (Å²) < 4.78 is 6.89. The second kappa shape index (κ2) is 7.55. The van der Waals surface area contributed by atoms with Crippen LogP contribution in [0.1, 0.15) is 38.2 Å². The minimum Gasteiger partial charge on any atom is -0.450 e. The topological polar surface area (TPSA) is 79.7 Å². The number of hydrogen-bond acceptors (Lipinski definition) is 4. The molecule has 0 aromatic carbocycles. The Labute approximate surface area is 142 Å². The molecule has 2 heterocycles. The summed E-state index contributed by atoms with van der Waals surface area (Å²) in [7, 11) is 0. The molecule has 8 nitrogen and oxygen atoms in total.